The smallest absolute Gasteiger partial charge is 0.155 e. The number of anilines is 1. The molecule has 1 aliphatic heterocycles. The quantitative estimate of drug-likeness (QED) is 0.708. The molecule has 0 atom stereocenters. The van der Waals surface area contributed by atoms with Gasteiger partial charge in [0.25, 0.3) is 0 Å². The summed E-state index contributed by atoms with van der Waals surface area (Å²) in [5.41, 5.74) is 1.90. The topological polar surface area (TPSA) is 50.2 Å². The minimum Gasteiger partial charge on any atom is -0.363 e. The maximum atomic E-state index is 4.30. The molecule has 0 amide bonds. The van der Waals surface area contributed by atoms with Crippen LogP contribution in [0.25, 0.3) is 0 Å². The van der Waals surface area contributed by atoms with Crippen LogP contribution in [0.3, 0.4) is 0 Å². The molecule has 4 heteroatoms. The van der Waals surface area contributed by atoms with E-state index in [2.05, 4.69) is 34.1 Å². The summed E-state index contributed by atoms with van der Waals surface area (Å²) in [4.78, 5) is 12.7. The summed E-state index contributed by atoms with van der Waals surface area (Å²) in [6.45, 7) is 4.96. The van der Waals surface area contributed by atoms with E-state index in [1.165, 1.54) is 0 Å². The molecule has 0 spiro atoms. The minimum absolute atomic E-state index is 0.383. The Morgan fingerprint density at radius 2 is 2.23 bits per heavy atom. The lowest BCUT2D eigenvalue weighted by molar-refractivity contribution is 0.814. The summed E-state index contributed by atoms with van der Waals surface area (Å²) in [6.07, 6.45) is 3.43. The maximum Gasteiger partial charge on any atom is 0.155 e. The fourth-order valence-corrected chi connectivity index (χ4v) is 1.35. The van der Waals surface area contributed by atoms with E-state index in [9.17, 15) is 0 Å². The monoisotopic (exact) mass is 176 g/mol. The maximum absolute atomic E-state index is 4.30. The lowest BCUT2D eigenvalue weighted by Crippen LogP contribution is -2.10. The molecule has 1 aromatic heterocycles. The van der Waals surface area contributed by atoms with Gasteiger partial charge in [-0.15, -0.1) is 0 Å². The molecule has 2 heterocycles. The van der Waals surface area contributed by atoms with Crippen LogP contribution in [0, 0.1) is 0 Å². The Morgan fingerprint density at radius 3 is 3.00 bits per heavy atom. The molecule has 0 bridgehead atoms. The zero-order valence-corrected chi connectivity index (χ0v) is 7.78. The summed E-state index contributed by atoms with van der Waals surface area (Å²) >= 11 is 0. The third kappa shape index (κ3) is 1.39. The van der Waals surface area contributed by atoms with E-state index in [0.29, 0.717) is 5.92 Å². The van der Waals surface area contributed by atoms with Crippen molar-refractivity contribution in [2.75, 3.05) is 11.9 Å². The van der Waals surface area contributed by atoms with Crippen molar-refractivity contribution >= 4 is 17.7 Å². The molecule has 0 saturated carbocycles. The van der Waals surface area contributed by atoms with Gasteiger partial charge < -0.3 is 5.32 Å². The number of hydrogen-bond donors (Lipinski definition) is 1. The van der Waals surface area contributed by atoms with Crippen molar-refractivity contribution in [1.82, 2.24) is 9.97 Å². The summed E-state index contributed by atoms with van der Waals surface area (Å²) < 4.78 is 0. The van der Waals surface area contributed by atoms with E-state index in [4.69, 9.17) is 0 Å². The predicted octanol–water partition coefficient (Wildman–Crippen LogP) is 1.73. The van der Waals surface area contributed by atoms with Gasteiger partial charge in [-0.1, -0.05) is 13.8 Å². The molecule has 1 aliphatic rings. The van der Waals surface area contributed by atoms with Gasteiger partial charge in [0.2, 0.25) is 0 Å². The molecule has 68 valence electrons. The van der Waals surface area contributed by atoms with Crippen LogP contribution in [0.15, 0.2) is 11.3 Å². The van der Waals surface area contributed by atoms with E-state index in [1.807, 2.05) is 6.21 Å². The summed E-state index contributed by atoms with van der Waals surface area (Å²) in [7, 11) is 0. The number of nitrogens with one attached hydrogen (secondary N) is 1. The fourth-order valence-electron chi connectivity index (χ4n) is 1.35. The van der Waals surface area contributed by atoms with Crippen molar-refractivity contribution in [3.05, 3.63) is 12.0 Å². The van der Waals surface area contributed by atoms with E-state index in [-0.39, 0.29) is 0 Å². The minimum atomic E-state index is 0.383. The molecule has 13 heavy (non-hydrogen) atoms. The van der Waals surface area contributed by atoms with Gasteiger partial charge in [-0.05, 0) is 5.92 Å². The normalized spacial score (nSPS) is 14.1. The number of aromatic nitrogens is 2. The largest absolute Gasteiger partial charge is 0.363 e. The molecule has 0 aliphatic carbocycles. The van der Waals surface area contributed by atoms with Crippen molar-refractivity contribution in [3.63, 3.8) is 0 Å². The Morgan fingerprint density at radius 1 is 1.38 bits per heavy atom. The van der Waals surface area contributed by atoms with Crippen LogP contribution < -0.4 is 5.32 Å². The van der Waals surface area contributed by atoms with Crippen LogP contribution >= 0.6 is 0 Å². The summed E-state index contributed by atoms with van der Waals surface area (Å²) in [5.74, 6) is 1.23. The molecule has 0 unspecified atom stereocenters. The molecular weight excluding hydrogens is 164 g/mol. The first-order chi connectivity index (χ1) is 6.29. The molecule has 0 radical (unpaired) electrons. The molecule has 2 rings (SSSR count). The number of nitrogens with zero attached hydrogens (tertiary/aromatic N) is 3. The highest BCUT2D eigenvalue weighted by atomic mass is 15.1. The van der Waals surface area contributed by atoms with Crippen molar-refractivity contribution < 1.29 is 0 Å². The Hall–Kier alpha value is -1.45. The predicted molar refractivity (Wildman–Crippen MR) is 52.8 cm³/mol. The first kappa shape index (κ1) is 8.16. The lowest BCUT2D eigenvalue weighted by atomic mass is 10.1. The Bertz CT molecular complexity index is 343. The van der Waals surface area contributed by atoms with E-state index < -0.39 is 0 Å². The van der Waals surface area contributed by atoms with E-state index >= 15 is 0 Å². The number of rotatable bonds is 1. The molecule has 4 nitrogen and oxygen atoms in total. The zero-order chi connectivity index (χ0) is 9.26. The van der Waals surface area contributed by atoms with Crippen LogP contribution in [0.5, 0.6) is 0 Å². The second-order valence-corrected chi connectivity index (χ2v) is 3.30. The van der Waals surface area contributed by atoms with Gasteiger partial charge >= 0.3 is 0 Å². The van der Waals surface area contributed by atoms with Gasteiger partial charge in [0, 0.05) is 6.21 Å². The van der Waals surface area contributed by atoms with Crippen LogP contribution in [-0.2, 0) is 0 Å². The SMILES string of the molecule is CC(C)c1ncnc2c1N=CCN2. The van der Waals surface area contributed by atoms with Gasteiger partial charge in [-0.2, -0.15) is 0 Å². The van der Waals surface area contributed by atoms with Gasteiger partial charge in [-0.3, -0.25) is 4.99 Å². The van der Waals surface area contributed by atoms with Crippen LogP contribution in [0.4, 0.5) is 11.5 Å². The molecule has 0 saturated heterocycles. The highest BCUT2D eigenvalue weighted by Crippen LogP contribution is 2.31. The zero-order valence-electron chi connectivity index (χ0n) is 7.78. The molecule has 0 aromatic carbocycles. The van der Waals surface area contributed by atoms with Crippen LogP contribution in [0.1, 0.15) is 25.5 Å². The van der Waals surface area contributed by atoms with Crippen molar-refractivity contribution in [2.45, 2.75) is 19.8 Å². The van der Waals surface area contributed by atoms with Gasteiger partial charge in [-0.25, -0.2) is 9.97 Å². The summed E-state index contributed by atoms with van der Waals surface area (Å²) in [6, 6.07) is 0. The van der Waals surface area contributed by atoms with Crippen molar-refractivity contribution in [1.29, 1.82) is 0 Å². The number of aliphatic imine (C=N–C) groups is 1. The highest BCUT2D eigenvalue weighted by Gasteiger charge is 2.14. The first-order valence-electron chi connectivity index (χ1n) is 4.40. The van der Waals surface area contributed by atoms with Crippen LogP contribution in [-0.4, -0.2) is 22.7 Å². The fraction of sp³-hybridized carbons (Fsp3) is 0.444. The van der Waals surface area contributed by atoms with Crippen molar-refractivity contribution in [3.8, 4) is 0 Å². The second kappa shape index (κ2) is 3.12. The Balaban J connectivity index is 2.54. The highest BCUT2D eigenvalue weighted by molar-refractivity contribution is 5.79. The number of fused-ring (bicyclic) bond motifs is 1. The van der Waals surface area contributed by atoms with E-state index in [1.54, 1.807) is 6.33 Å². The van der Waals surface area contributed by atoms with Gasteiger partial charge in [0.1, 0.15) is 12.0 Å². The second-order valence-electron chi connectivity index (χ2n) is 3.30. The average molecular weight is 176 g/mol. The summed E-state index contributed by atoms with van der Waals surface area (Å²) in [5, 5.41) is 3.16. The molecular formula is C9H12N4. The average Bonchev–Trinajstić information content (AvgIpc) is 2.17. The first-order valence-corrected chi connectivity index (χ1v) is 4.40. The third-order valence-corrected chi connectivity index (χ3v) is 1.98. The van der Waals surface area contributed by atoms with Gasteiger partial charge in [0.05, 0.1) is 12.2 Å². The molecule has 1 aromatic rings. The molecule has 1 N–H and O–H groups in total. The van der Waals surface area contributed by atoms with Crippen LogP contribution in [0.2, 0.25) is 0 Å². The lowest BCUT2D eigenvalue weighted by Gasteiger charge is -2.14. The third-order valence-electron chi connectivity index (χ3n) is 1.98. The number of hydrogen-bond acceptors (Lipinski definition) is 4. The van der Waals surface area contributed by atoms with E-state index in [0.717, 1.165) is 23.7 Å². The Labute approximate surface area is 77.1 Å². The Kier molecular flexibility index (Phi) is 1.96. The van der Waals surface area contributed by atoms with Gasteiger partial charge in [0.15, 0.2) is 5.82 Å². The standard InChI is InChI=1S/C9H12N4/c1-6(2)7-8-9(13-5-12-7)11-4-3-10-8/h3,5-6H,4H2,1-2H3,(H,11,12,13). The molecule has 0 fully saturated rings. The van der Waals surface area contributed by atoms with Crippen molar-refractivity contribution in [2.24, 2.45) is 4.99 Å².